The van der Waals surface area contributed by atoms with Gasteiger partial charge in [0.15, 0.2) is 0 Å². The van der Waals surface area contributed by atoms with Crippen LogP contribution in [0.4, 0.5) is 0 Å². The number of aromatic nitrogens is 2. The van der Waals surface area contributed by atoms with Crippen LogP contribution in [0, 0.1) is 0 Å². The Hall–Kier alpha value is -2.51. The Morgan fingerprint density at radius 2 is 1.60 bits per heavy atom. The highest BCUT2D eigenvalue weighted by atomic mass is 32.2. The number of nitrogens with one attached hydrogen (secondary N) is 1. The third-order valence-corrected chi connectivity index (χ3v) is 5.06. The third kappa shape index (κ3) is 5.23. The van der Waals surface area contributed by atoms with Crippen molar-refractivity contribution in [2.45, 2.75) is 19.4 Å². The quantitative estimate of drug-likeness (QED) is 0.670. The van der Waals surface area contributed by atoms with E-state index >= 15 is 0 Å². The van der Waals surface area contributed by atoms with Crippen LogP contribution in [0.25, 0.3) is 11.5 Å². The van der Waals surface area contributed by atoms with Crippen LogP contribution in [-0.4, -0.2) is 24.4 Å². The largest absolute Gasteiger partial charge is 0.419 e. The number of nitrogens with zero attached hydrogens (tertiary/aromatic N) is 2. The molecule has 0 saturated heterocycles. The fourth-order valence-electron chi connectivity index (χ4n) is 2.38. The van der Waals surface area contributed by atoms with Crippen LogP contribution in [0.15, 0.2) is 65.1 Å². The highest BCUT2D eigenvalue weighted by Gasteiger charge is 2.13. The SMILES string of the molecule is O=S(=O)(CCCc1ccccc1)NCc1nnc(-c2ccccc2)o1. The van der Waals surface area contributed by atoms with Crippen molar-refractivity contribution in [1.29, 1.82) is 0 Å². The monoisotopic (exact) mass is 357 g/mol. The second-order valence-electron chi connectivity index (χ2n) is 5.60. The van der Waals surface area contributed by atoms with Gasteiger partial charge in [0.05, 0.1) is 12.3 Å². The lowest BCUT2D eigenvalue weighted by molar-refractivity contribution is 0.494. The van der Waals surface area contributed by atoms with Crippen molar-refractivity contribution in [3.8, 4) is 11.5 Å². The van der Waals surface area contributed by atoms with Crippen LogP contribution >= 0.6 is 0 Å². The molecule has 0 bridgehead atoms. The van der Waals surface area contributed by atoms with E-state index in [9.17, 15) is 8.42 Å². The average Bonchev–Trinajstić information content (AvgIpc) is 3.11. The Balaban J connectivity index is 1.50. The molecule has 1 heterocycles. The summed E-state index contributed by atoms with van der Waals surface area (Å²) in [5, 5.41) is 7.82. The Bertz CT molecular complexity index is 894. The predicted molar refractivity (Wildman–Crippen MR) is 95.1 cm³/mol. The van der Waals surface area contributed by atoms with Gasteiger partial charge >= 0.3 is 0 Å². The molecule has 0 aliphatic rings. The normalized spacial score (nSPS) is 11.5. The molecule has 3 aromatic rings. The van der Waals surface area contributed by atoms with E-state index < -0.39 is 10.0 Å². The molecule has 2 aromatic carbocycles. The van der Waals surface area contributed by atoms with Crippen LogP contribution in [-0.2, 0) is 23.0 Å². The predicted octanol–water partition coefficient (Wildman–Crippen LogP) is 2.79. The number of sulfonamides is 1. The Kier molecular flexibility index (Phi) is 5.57. The third-order valence-electron chi connectivity index (χ3n) is 3.65. The van der Waals surface area contributed by atoms with Gasteiger partial charge in [-0.05, 0) is 30.5 Å². The summed E-state index contributed by atoms with van der Waals surface area (Å²) >= 11 is 0. The Labute approximate surface area is 147 Å². The molecule has 3 rings (SSSR count). The van der Waals surface area contributed by atoms with E-state index in [2.05, 4.69) is 14.9 Å². The van der Waals surface area contributed by atoms with E-state index in [1.807, 2.05) is 60.7 Å². The van der Waals surface area contributed by atoms with E-state index in [4.69, 9.17) is 4.42 Å². The summed E-state index contributed by atoms with van der Waals surface area (Å²) in [4.78, 5) is 0. The lowest BCUT2D eigenvalue weighted by Gasteiger charge is -2.05. The molecule has 0 atom stereocenters. The Morgan fingerprint density at radius 3 is 2.32 bits per heavy atom. The molecule has 0 saturated carbocycles. The van der Waals surface area contributed by atoms with E-state index in [-0.39, 0.29) is 18.2 Å². The summed E-state index contributed by atoms with van der Waals surface area (Å²) in [5.74, 6) is 0.672. The molecular weight excluding hydrogens is 338 g/mol. The highest BCUT2D eigenvalue weighted by Crippen LogP contribution is 2.16. The van der Waals surface area contributed by atoms with Gasteiger partial charge in [-0.3, -0.25) is 0 Å². The van der Waals surface area contributed by atoms with Crippen LogP contribution in [0.3, 0.4) is 0 Å². The van der Waals surface area contributed by atoms with Gasteiger partial charge in [-0.25, -0.2) is 13.1 Å². The van der Waals surface area contributed by atoms with Crippen molar-refractivity contribution in [2.24, 2.45) is 0 Å². The van der Waals surface area contributed by atoms with Gasteiger partial charge in [-0.15, -0.1) is 10.2 Å². The van der Waals surface area contributed by atoms with Crippen LogP contribution in [0.5, 0.6) is 0 Å². The first-order valence-corrected chi connectivity index (χ1v) is 9.67. The van der Waals surface area contributed by atoms with Gasteiger partial charge < -0.3 is 4.42 Å². The van der Waals surface area contributed by atoms with Crippen molar-refractivity contribution in [1.82, 2.24) is 14.9 Å². The summed E-state index contributed by atoms with van der Waals surface area (Å²) in [6.07, 6.45) is 1.28. The summed E-state index contributed by atoms with van der Waals surface area (Å²) in [5.41, 5.74) is 1.93. The Morgan fingerprint density at radius 1 is 0.920 bits per heavy atom. The van der Waals surface area contributed by atoms with Crippen LogP contribution in [0.2, 0.25) is 0 Å². The maximum atomic E-state index is 12.1. The summed E-state index contributed by atoms with van der Waals surface area (Å²) in [7, 11) is -3.38. The second kappa shape index (κ2) is 8.04. The van der Waals surface area contributed by atoms with Crippen molar-refractivity contribution in [3.63, 3.8) is 0 Å². The van der Waals surface area contributed by atoms with Gasteiger partial charge in [0.2, 0.25) is 21.8 Å². The first kappa shape index (κ1) is 17.3. The minimum Gasteiger partial charge on any atom is -0.419 e. The second-order valence-corrected chi connectivity index (χ2v) is 7.52. The summed E-state index contributed by atoms with van der Waals surface area (Å²) in [6, 6.07) is 19.1. The van der Waals surface area contributed by atoms with Gasteiger partial charge in [-0.2, -0.15) is 0 Å². The number of hydrogen-bond donors (Lipinski definition) is 1. The molecule has 0 aliphatic heterocycles. The molecule has 6 nitrogen and oxygen atoms in total. The minimum absolute atomic E-state index is 0.00644. The van der Waals surface area contributed by atoms with Crippen LogP contribution < -0.4 is 4.72 Å². The van der Waals surface area contributed by atoms with Gasteiger partial charge in [0.25, 0.3) is 0 Å². The molecule has 0 amide bonds. The molecule has 0 radical (unpaired) electrons. The molecule has 25 heavy (non-hydrogen) atoms. The van der Waals surface area contributed by atoms with E-state index in [0.29, 0.717) is 12.3 Å². The van der Waals surface area contributed by atoms with Crippen LogP contribution in [0.1, 0.15) is 17.9 Å². The zero-order chi connectivity index (χ0) is 17.5. The number of aryl methyl sites for hydroxylation is 1. The first-order chi connectivity index (χ1) is 12.1. The van der Waals surface area contributed by atoms with E-state index in [1.54, 1.807) is 0 Å². The summed E-state index contributed by atoms with van der Waals surface area (Å²) < 4.78 is 32.1. The average molecular weight is 357 g/mol. The van der Waals surface area contributed by atoms with E-state index in [0.717, 1.165) is 17.5 Å². The maximum Gasteiger partial charge on any atom is 0.247 e. The standard InChI is InChI=1S/C18H19N3O3S/c22-25(23,13-7-10-15-8-3-1-4-9-15)19-14-17-20-21-18(24-17)16-11-5-2-6-12-16/h1-6,8-9,11-12,19H,7,10,13-14H2. The molecule has 1 N–H and O–H groups in total. The molecule has 0 unspecified atom stereocenters. The van der Waals surface area contributed by atoms with Crippen molar-refractivity contribution >= 4 is 10.0 Å². The highest BCUT2D eigenvalue weighted by molar-refractivity contribution is 7.89. The van der Waals surface area contributed by atoms with E-state index in [1.165, 1.54) is 0 Å². The molecule has 0 aliphatic carbocycles. The minimum atomic E-state index is -3.38. The molecule has 0 fully saturated rings. The van der Waals surface area contributed by atoms with Gasteiger partial charge in [-0.1, -0.05) is 48.5 Å². The molecule has 130 valence electrons. The molecule has 7 heteroatoms. The number of hydrogen-bond acceptors (Lipinski definition) is 5. The van der Waals surface area contributed by atoms with Crippen molar-refractivity contribution < 1.29 is 12.8 Å². The fraction of sp³-hybridized carbons (Fsp3) is 0.222. The lowest BCUT2D eigenvalue weighted by Crippen LogP contribution is -2.26. The number of benzene rings is 2. The fourth-order valence-corrected chi connectivity index (χ4v) is 3.39. The lowest BCUT2D eigenvalue weighted by atomic mass is 10.1. The topological polar surface area (TPSA) is 85.1 Å². The zero-order valence-corrected chi connectivity index (χ0v) is 14.4. The molecule has 0 spiro atoms. The van der Waals surface area contributed by atoms with Crippen molar-refractivity contribution in [3.05, 3.63) is 72.1 Å². The smallest absolute Gasteiger partial charge is 0.247 e. The molecule has 1 aromatic heterocycles. The summed E-state index contributed by atoms with van der Waals surface area (Å²) in [6.45, 7) is -0.00644. The first-order valence-electron chi connectivity index (χ1n) is 8.01. The van der Waals surface area contributed by atoms with Crippen molar-refractivity contribution in [2.75, 3.05) is 5.75 Å². The zero-order valence-electron chi connectivity index (χ0n) is 13.6. The van der Waals surface area contributed by atoms with Gasteiger partial charge in [0, 0.05) is 5.56 Å². The number of rotatable bonds is 8. The molecular formula is C18H19N3O3S. The van der Waals surface area contributed by atoms with Gasteiger partial charge in [0.1, 0.15) is 0 Å². The maximum absolute atomic E-state index is 12.1.